The van der Waals surface area contributed by atoms with Crippen LogP contribution in [0, 0.1) is 0 Å². The van der Waals surface area contributed by atoms with E-state index in [0.29, 0.717) is 0 Å². The van der Waals surface area contributed by atoms with E-state index in [2.05, 4.69) is 164 Å². The molecule has 0 saturated carbocycles. The number of rotatable bonds is 3. The normalized spacial score (nSPS) is 12.2. The van der Waals surface area contributed by atoms with Crippen molar-refractivity contribution in [3.8, 4) is 33.9 Å². The summed E-state index contributed by atoms with van der Waals surface area (Å²) < 4.78 is 2.56. The van der Waals surface area contributed by atoms with Gasteiger partial charge in [0.25, 0.3) is 0 Å². The third-order valence-electron chi connectivity index (χ3n) is 11.2. The number of hydrogen-bond donors (Lipinski definition) is 0. The average molecular weight is 689 g/mol. The van der Waals surface area contributed by atoms with Gasteiger partial charge in [-0.15, -0.1) is 11.3 Å². The van der Waals surface area contributed by atoms with Gasteiger partial charge in [0.2, 0.25) is 0 Å². The van der Waals surface area contributed by atoms with Gasteiger partial charge in [0.15, 0.2) is 5.82 Å². The zero-order valence-electron chi connectivity index (χ0n) is 28.5. The minimum atomic E-state index is 0.721. The lowest BCUT2D eigenvalue weighted by Gasteiger charge is -2.17. The Balaban J connectivity index is 1.20. The van der Waals surface area contributed by atoms with Crippen LogP contribution in [-0.2, 0) is 0 Å². The Bertz CT molecular complexity index is 3450. The lowest BCUT2D eigenvalue weighted by atomic mass is 9.87. The third-order valence-corrected chi connectivity index (χ3v) is 12.3. The van der Waals surface area contributed by atoms with Crippen molar-refractivity contribution >= 4 is 96.1 Å². The highest BCUT2D eigenvalue weighted by atomic mass is 32.1. The first-order chi connectivity index (χ1) is 26.2. The van der Waals surface area contributed by atoms with Crippen molar-refractivity contribution in [2.24, 2.45) is 0 Å². The number of hydrogen-bond acceptors (Lipinski definition) is 3. The smallest absolute Gasteiger partial charge is 0.160 e. The number of thiophene rings is 1. The summed E-state index contributed by atoms with van der Waals surface area (Å²) in [7, 11) is 0. The minimum absolute atomic E-state index is 0.721. The summed E-state index contributed by atoms with van der Waals surface area (Å²) in [5.41, 5.74) is 4.98. The highest BCUT2D eigenvalue weighted by Crippen LogP contribution is 2.45. The van der Waals surface area contributed by atoms with Crippen LogP contribution in [0.25, 0.3) is 119 Å². The largest absolute Gasteiger partial charge is 0.228 e. The quantitative estimate of drug-likeness (QED) is 0.173. The van der Waals surface area contributed by atoms with Gasteiger partial charge in [0, 0.05) is 36.9 Å². The maximum Gasteiger partial charge on any atom is 0.160 e. The van der Waals surface area contributed by atoms with Crippen molar-refractivity contribution in [2.75, 3.05) is 0 Å². The van der Waals surface area contributed by atoms with Gasteiger partial charge in [-0.3, -0.25) is 0 Å². The van der Waals surface area contributed by atoms with Gasteiger partial charge in [-0.25, -0.2) is 9.97 Å². The molecule has 53 heavy (non-hydrogen) atoms. The van der Waals surface area contributed by atoms with Crippen molar-refractivity contribution in [2.45, 2.75) is 0 Å². The summed E-state index contributed by atoms with van der Waals surface area (Å²) in [5.74, 6) is 0.721. The molecule has 0 amide bonds. The molecule has 0 atom stereocenters. The Hall–Kier alpha value is -6.68. The molecule has 3 heteroatoms. The van der Waals surface area contributed by atoms with Gasteiger partial charge in [-0.2, -0.15) is 0 Å². The topological polar surface area (TPSA) is 25.8 Å². The van der Waals surface area contributed by atoms with Crippen molar-refractivity contribution in [1.82, 2.24) is 9.97 Å². The molecule has 0 bridgehead atoms. The van der Waals surface area contributed by atoms with Gasteiger partial charge in [0.05, 0.1) is 11.4 Å². The van der Waals surface area contributed by atoms with Crippen LogP contribution < -0.4 is 0 Å². The van der Waals surface area contributed by atoms with E-state index >= 15 is 0 Å². The molecule has 10 aromatic carbocycles. The molecule has 2 aromatic heterocycles. The van der Waals surface area contributed by atoms with Gasteiger partial charge in [-0.1, -0.05) is 140 Å². The van der Waals surface area contributed by atoms with Crippen LogP contribution in [0.2, 0.25) is 0 Å². The van der Waals surface area contributed by atoms with Crippen LogP contribution in [0.4, 0.5) is 0 Å². The maximum atomic E-state index is 5.31. The standard InChI is InChI=1S/C50H28N2S/c1-2-9-32(10-3-1)50-51-42(33-23-24-37-36-14-4-5-18-44(36)53-45(37)27-33)28-43(52-50)35-25-34-22-21-31-12-7-16-39-38-15-6-11-29-19-20-30-13-8-17-40(48(30)46(29)38)41(26-35)49(34)47(31)39/h1-28H. The van der Waals surface area contributed by atoms with Gasteiger partial charge >= 0.3 is 0 Å². The molecule has 0 fully saturated rings. The molecule has 0 aliphatic rings. The molecule has 0 N–H and O–H groups in total. The Morgan fingerprint density at radius 2 is 0.849 bits per heavy atom. The maximum absolute atomic E-state index is 5.31. The highest BCUT2D eigenvalue weighted by Gasteiger charge is 2.18. The molecule has 2 nitrogen and oxygen atoms in total. The van der Waals surface area contributed by atoms with Crippen LogP contribution in [0.3, 0.4) is 0 Å². The lowest BCUT2D eigenvalue weighted by Crippen LogP contribution is -1.96. The number of nitrogens with zero attached hydrogens (tertiary/aromatic N) is 2. The summed E-state index contributed by atoms with van der Waals surface area (Å²) in [5, 5.41) is 17.8. The van der Waals surface area contributed by atoms with E-state index in [4.69, 9.17) is 9.97 Å². The third kappa shape index (κ3) is 4.26. The van der Waals surface area contributed by atoms with E-state index < -0.39 is 0 Å². The molecule has 0 saturated heterocycles. The summed E-state index contributed by atoms with van der Waals surface area (Å²) in [6.07, 6.45) is 0. The number of fused-ring (bicyclic) bond motifs is 5. The fraction of sp³-hybridized carbons (Fsp3) is 0. The Morgan fingerprint density at radius 3 is 1.55 bits per heavy atom. The van der Waals surface area contributed by atoms with Crippen LogP contribution >= 0.6 is 11.3 Å². The van der Waals surface area contributed by atoms with E-state index in [9.17, 15) is 0 Å². The molecular weight excluding hydrogens is 661 g/mol. The second-order valence-corrected chi connectivity index (χ2v) is 15.2. The average Bonchev–Trinajstić information content (AvgIpc) is 3.60. The summed E-state index contributed by atoms with van der Waals surface area (Å²) in [4.78, 5) is 10.5. The second kappa shape index (κ2) is 10.9. The van der Waals surface area contributed by atoms with Crippen LogP contribution in [0.1, 0.15) is 0 Å². The minimum Gasteiger partial charge on any atom is -0.228 e. The van der Waals surface area contributed by atoms with Crippen LogP contribution in [-0.4, -0.2) is 9.97 Å². The Labute approximate surface area is 308 Å². The summed E-state index contributed by atoms with van der Waals surface area (Å²) in [6.45, 7) is 0. The second-order valence-electron chi connectivity index (χ2n) is 14.1. The molecule has 244 valence electrons. The molecule has 12 rings (SSSR count). The van der Waals surface area contributed by atoms with Crippen molar-refractivity contribution in [3.05, 3.63) is 170 Å². The number of aromatic nitrogens is 2. The van der Waals surface area contributed by atoms with E-state index in [1.807, 2.05) is 17.4 Å². The van der Waals surface area contributed by atoms with Gasteiger partial charge < -0.3 is 0 Å². The lowest BCUT2D eigenvalue weighted by molar-refractivity contribution is 1.18. The van der Waals surface area contributed by atoms with Crippen LogP contribution in [0.5, 0.6) is 0 Å². The van der Waals surface area contributed by atoms with Crippen molar-refractivity contribution in [1.29, 1.82) is 0 Å². The van der Waals surface area contributed by atoms with Crippen molar-refractivity contribution < 1.29 is 0 Å². The molecular formula is C50H28N2S. The molecule has 0 unspecified atom stereocenters. The molecule has 12 aromatic rings. The Kier molecular flexibility index (Phi) is 5.96. The van der Waals surface area contributed by atoms with E-state index in [1.165, 1.54) is 84.8 Å². The summed E-state index contributed by atoms with van der Waals surface area (Å²) in [6, 6.07) is 62.1. The molecule has 2 heterocycles. The van der Waals surface area contributed by atoms with E-state index in [-0.39, 0.29) is 0 Å². The Morgan fingerprint density at radius 1 is 0.302 bits per heavy atom. The first kappa shape index (κ1) is 29.0. The zero-order chi connectivity index (χ0) is 34.6. The number of benzene rings is 9. The zero-order valence-corrected chi connectivity index (χ0v) is 29.3. The van der Waals surface area contributed by atoms with Crippen molar-refractivity contribution in [3.63, 3.8) is 0 Å². The summed E-state index contributed by atoms with van der Waals surface area (Å²) >= 11 is 1.84. The molecule has 0 radical (unpaired) electrons. The monoisotopic (exact) mass is 688 g/mol. The SMILES string of the molecule is c1ccc(-c2nc(-c3ccc4c(c3)sc3ccccc34)cc(-c3cc4ccc5cccc6c7cccc8ccc9cccc(c(c3)c4c56)c9c87)n2)cc1. The predicted octanol–water partition coefficient (Wildman–Crippen LogP) is 14.2. The molecule has 0 aliphatic heterocycles. The molecule has 0 spiro atoms. The fourth-order valence-electron chi connectivity index (χ4n) is 8.78. The van der Waals surface area contributed by atoms with E-state index in [0.717, 1.165) is 33.9 Å². The first-order valence-corrected chi connectivity index (χ1v) is 18.9. The van der Waals surface area contributed by atoms with E-state index in [1.54, 1.807) is 0 Å². The van der Waals surface area contributed by atoms with Crippen LogP contribution in [0.15, 0.2) is 170 Å². The first-order valence-electron chi connectivity index (χ1n) is 18.1. The van der Waals surface area contributed by atoms with Gasteiger partial charge in [-0.05, 0) is 95.0 Å². The molecule has 0 aliphatic carbocycles. The fourth-order valence-corrected chi connectivity index (χ4v) is 9.92. The van der Waals surface area contributed by atoms with Gasteiger partial charge in [0.1, 0.15) is 0 Å². The predicted molar refractivity (Wildman–Crippen MR) is 227 cm³/mol. The highest BCUT2D eigenvalue weighted by molar-refractivity contribution is 7.25.